The second-order valence-corrected chi connectivity index (χ2v) is 4.98. The highest BCUT2D eigenvalue weighted by Crippen LogP contribution is 2.22. The molecule has 0 radical (unpaired) electrons. The second-order valence-electron chi connectivity index (χ2n) is 4.58. The normalized spacial score (nSPS) is 12.4. The van der Waals surface area contributed by atoms with Gasteiger partial charge in [-0.3, -0.25) is 9.69 Å². The van der Waals surface area contributed by atoms with Crippen LogP contribution >= 0.6 is 11.6 Å². The molecule has 1 amide bonds. The number of rotatable bonds is 8. The summed E-state index contributed by atoms with van der Waals surface area (Å²) in [6.45, 7) is 1.51. The molecule has 0 spiro atoms. The number of aliphatic hydroxyl groups is 1. The molecule has 1 aromatic carbocycles. The molecule has 1 unspecified atom stereocenters. The van der Waals surface area contributed by atoms with Gasteiger partial charge in [0, 0.05) is 30.8 Å². The largest absolute Gasteiger partial charge is 0.387 e. The SMILES string of the molecule is COCCNC(=O)CN(C)CC(O)c1ccccc1Cl. The summed E-state index contributed by atoms with van der Waals surface area (Å²) in [7, 11) is 3.36. The fourth-order valence-electron chi connectivity index (χ4n) is 1.80. The highest BCUT2D eigenvalue weighted by Gasteiger charge is 2.15. The minimum atomic E-state index is -0.722. The number of halogens is 1. The highest BCUT2D eigenvalue weighted by molar-refractivity contribution is 6.31. The van der Waals surface area contributed by atoms with Crippen LogP contribution in [0.5, 0.6) is 0 Å². The van der Waals surface area contributed by atoms with Crippen LogP contribution in [0, 0.1) is 0 Å². The van der Waals surface area contributed by atoms with Crippen LogP contribution in [0.1, 0.15) is 11.7 Å². The van der Waals surface area contributed by atoms with Gasteiger partial charge in [0.05, 0.1) is 19.3 Å². The number of carbonyl (C=O) groups excluding carboxylic acids is 1. The van der Waals surface area contributed by atoms with Gasteiger partial charge in [0.1, 0.15) is 0 Å². The number of hydrogen-bond acceptors (Lipinski definition) is 4. The van der Waals surface area contributed by atoms with Crippen LogP contribution in [0.25, 0.3) is 0 Å². The number of aliphatic hydroxyl groups excluding tert-OH is 1. The number of methoxy groups -OCH3 is 1. The first-order valence-electron chi connectivity index (χ1n) is 6.41. The summed E-state index contributed by atoms with van der Waals surface area (Å²) < 4.78 is 4.85. The molecule has 1 aromatic rings. The van der Waals surface area contributed by atoms with Crippen molar-refractivity contribution in [2.75, 3.05) is 40.4 Å². The summed E-state index contributed by atoms with van der Waals surface area (Å²) in [5.41, 5.74) is 0.667. The first kappa shape index (κ1) is 16.9. The van der Waals surface area contributed by atoms with Crippen LogP contribution in [0.3, 0.4) is 0 Å². The summed E-state index contributed by atoms with van der Waals surface area (Å²) in [6.07, 6.45) is -0.722. The summed E-state index contributed by atoms with van der Waals surface area (Å²) >= 11 is 6.02. The van der Waals surface area contributed by atoms with E-state index in [1.165, 1.54) is 0 Å². The monoisotopic (exact) mass is 300 g/mol. The third-order valence-corrected chi connectivity index (χ3v) is 3.13. The maximum atomic E-state index is 11.6. The molecular weight excluding hydrogens is 280 g/mol. The minimum Gasteiger partial charge on any atom is -0.387 e. The number of hydrogen-bond donors (Lipinski definition) is 2. The average molecular weight is 301 g/mol. The van der Waals surface area contributed by atoms with Gasteiger partial charge in [-0.05, 0) is 13.1 Å². The Morgan fingerprint density at radius 2 is 2.20 bits per heavy atom. The molecular formula is C14H21ClN2O3. The zero-order valence-corrected chi connectivity index (χ0v) is 12.6. The molecule has 2 N–H and O–H groups in total. The van der Waals surface area contributed by atoms with Crippen LogP contribution in [-0.4, -0.2) is 56.3 Å². The van der Waals surface area contributed by atoms with E-state index in [0.29, 0.717) is 30.3 Å². The number of likely N-dealkylation sites (N-methyl/N-ethyl adjacent to an activating group) is 1. The molecule has 112 valence electrons. The molecule has 20 heavy (non-hydrogen) atoms. The molecule has 0 heterocycles. The van der Waals surface area contributed by atoms with Gasteiger partial charge in [0.25, 0.3) is 0 Å². The quantitative estimate of drug-likeness (QED) is 0.705. The third kappa shape index (κ3) is 5.88. The lowest BCUT2D eigenvalue weighted by Gasteiger charge is -2.21. The summed E-state index contributed by atoms with van der Waals surface area (Å²) in [4.78, 5) is 13.3. The Bertz CT molecular complexity index is 429. The summed E-state index contributed by atoms with van der Waals surface area (Å²) in [5, 5.41) is 13.4. The van der Waals surface area contributed by atoms with Crippen molar-refractivity contribution in [2.45, 2.75) is 6.10 Å². The van der Waals surface area contributed by atoms with Gasteiger partial charge in [-0.1, -0.05) is 29.8 Å². The van der Waals surface area contributed by atoms with Gasteiger partial charge < -0.3 is 15.2 Å². The molecule has 5 nitrogen and oxygen atoms in total. The molecule has 1 rings (SSSR count). The molecule has 0 bridgehead atoms. The minimum absolute atomic E-state index is 0.101. The lowest BCUT2D eigenvalue weighted by molar-refractivity contribution is -0.122. The van der Waals surface area contributed by atoms with Gasteiger partial charge in [-0.2, -0.15) is 0 Å². The van der Waals surface area contributed by atoms with Crippen LogP contribution in [-0.2, 0) is 9.53 Å². The third-order valence-electron chi connectivity index (χ3n) is 2.79. The fraction of sp³-hybridized carbons (Fsp3) is 0.500. The summed E-state index contributed by atoms with van der Waals surface area (Å²) in [6, 6.07) is 7.14. The van der Waals surface area contributed by atoms with Gasteiger partial charge in [-0.25, -0.2) is 0 Å². The second kappa shape index (κ2) is 8.92. The van der Waals surface area contributed by atoms with Crippen molar-refractivity contribution in [1.82, 2.24) is 10.2 Å². The predicted octanol–water partition coefficient (Wildman–Crippen LogP) is 1.07. The van der Waals surface area contributed by atoms with E-state index in [4.69, 9.17) is 16.3 Å². The predicted molar refractivity (Wildman–Crippen MR) is 78.8 cm³/mol. The number of benzene rings is 1. The van der Waals surface area contributed by atoms with Crippen molar-refractivity contribution >= 4 is 17.5 Å². The Kier molecular flexibility index (Phi) is 7.54. The van der Waals surface area contributed by atoms with Crippen LogP contribution < -0.4 is 5.32 Å². The molecule has 0 aliphatic carbocycles. The Balaban J connectivity index is 2.40. The molecule has 6 heteroatoms. The zero-order valence-electron chi connectivity index (χ0n) is 11.8. The zero-order chi connectivity index (χ0) is 15.0. The van der Waals surface area contributed by atoms with Crippen molar-refractivity contribution in [2.24, 2.45) is 0 Å². The number of carbonyl (C=O) groups is 1. The smallest absolute Gasteiger partial charge is 0.234 e. The van der Waals surface area contributed by atoms with Gasteiger partial charge in [0.15, 0.2) is 0 Å². The van der Waals surface area contributed by atoms with E-state index in [2.05, 4.69) is 5.32 Å². The van der Waals surface area contributed by atoms with Crippen LogP contribution in [0.4, 0.5) is 0 Å². The van der Waals surface area contributed by atoms with Crippen molar-refractivity contribution in [1.29, 1.82) is 0 Å². The van der Waals surface area contributed by atoms with Crippen molar-refractivity contribution < 1.29 is 14.6 Å². The highest BCUT2D eigenvalue weighted by atomic mass is 35.5. The Hall–Kier alpha value is -1.14. The summed E-state index contributed by atoms with van der Waals surface area (Å²) in [5.74, 6) is -0.101. The molecule has 0 aliphatic heterocycles. The average Bonchev–Trinajstić information content (AvgIpc) is 2.39. The van der Waals surface area contributed by atoms with Crippen LogP contribution in [0.2, 0.25) is 5.02 Å². The fourth-order valence-corrected chi connectivity index (χ4v) is 2.06. The van der Waals surface area contributed by atoms with E-state index in [1.807, 2.05) is 12.1 Å². The van der Waals surface area contributed by atoms with E-state index >= 15 is 0 Å². The number of amides is 1. The Morgan fingerprint density at radius 1 is 1.50 bits per heavy atom. The maximum absolute atomic E-state index is 11.6. The van der Waals surface area contributed by atoms with E-state index in [0.717, 1.165) is 0 Å². The maximum Gasteiger partial charge on any atom is 0.234 e. The van der Waals surface area contributed by atoms with Gasteiger partial charge in [-0.15, -0.1) is 0 Å². The van der Waals surface area contributed by atoms with E-state index < -0.39 is 6.10 Å². The van der Waals surface area contributed by atoms with E-state index in [9.17, 15) is 9.90 Å². The van der Waals surface area contributed by atoms with E-state index in [1.54, 1.807) is 31.2 Å². The lowest BCUT2D eigenvalue weighted by atomic mass is 10.1. The van der Waals surface area contributed by atoms with Crippen molar-refractivity contribution in [3.8, 4) is 0 Å². The number of nitrogens with one attached hydrogen (secondary N) is 1. The molecule has 0 saturated heterocycles. The molecule has 0 aromatic heterocycles. The van der Waals surface area contributed by atoms with Crippen molar-refractivity contribution in [3.63, 3.8) is 0 Å². The van der Waals surface area contributed by atoms with E-state index in [-0.39, 0.29) is 12.5 Å². The molecule has 0 saturated carbocycles. The first-order chi connectivity index (χ1) is 9.54. The van der Waals surface area contributed by atoms with Crippen LogP contribution in [0.15, 0.2) is 24.3 Å². The standard InChI is InChI=1S/C14H21ClN2O3/c1-17(10-14(19)16-7-8-20-2)9-13(18)11-5-3-4-6-12(11)15/h3-6,13,18H,7-10H2,1-2H3,(H,16,19). The Morgan fingerprint density at radius 3 is 2.85 bits per heavy atom. The molecule has 0 fully saturated rings. The topological polar surface area (TPSA) is 61.8 Å². The van der Waals surface area contributed by atoms with Gasteiger partial charge in [0.2, 0.25) is 5.91 Å². The lowest BCUT2D eigenvalue weighted by Crippen LogP contribution is -2.38. The van der Waals surface area contributed by atoms with Gasteiger partial charge >= 0.3 is 0 Å². The first-order valence-corrected chi connectivity index (χ1v) is 6.79. The molecule has 0 aliphatic rings. The number of ether oxygens (including phenoxy) is 1. The molecule has 1 atom stereocenters. The Labute approximate surface area is 124 Å². The number of nitrogens with zero attached hydrogens (tertiary/aromatic N) is 1. The van der Waals surface area contributed by atoms with Crippen molar-refractivity contribution in [3.05, 3.63) is 34.9 Å².